The number of carbonyl (C=O) groups excluding carboxylic acids is 1. The molecule has 2 nitrogen and oxygen atoms in total. The van der Waals surface area contributed by atoms with Crippen LogP contribution in [0, 0.1) is 122 Å². The summed E-state index contributed by atoms with van der Waals surface area (Å²) in [6, 6.07) is 15.9. The van der Waals surface area contributed by atoms with Gasteiger partial charge in [-0.1, -0.05) is 42.5 Å². The highest BCUT2D eigenvalue weighted by atomic mass is 19.2. The summed E-state index contributed by atoms with van der Waals surface area (Å²) in [5.41, 5.74) is -13.7. The molecule has 0 radical (unpaired) electrons. The highest BCUT2D eigenvalue weighted by Crippen LogP contribution is 2.31. The zero-order valence-corrected chi connectivity index (χ0v) is 30.9. The van der Waals surface area contributed by atoms with E-state index in [4.69, 9.17) is 0 Å². The number of rotatable bonds is 7. The SMILES string of the molecule is Fc1c(F)c(F)c([B-](c2c(F)c(F)c(F)c(F)c2F)(c2c(F)c(F)c(F)c(F)c2F)c2c(F)c(F)c(F)c(F)c2F)c(F)c1F.O=C(C[n+]1ccc2cccc(F)c2c1)c1ccccc1. The molecule has 6 aromatic carbocycles. The number of nitrogens with zero attached hydrogens (tertiary/aromatic N) is 1. The van der Waals surface area contributed by atoms with E-state index < -0.39 is 144 Å². The topological polar surface area (TPSA) is 20.9 Å². The van der Waals surface area contributed by atoms with Gasteiger partial charge in [0.25, 0.3) is 0 Å². The third kappa shape index (κ3) is 7.46. The Morgan fingerprint density at radius 3 is 1.00 bits per heavy atom. The number of carbonyl (C=O) groups is 1. The number of ketones is 1. The van der Waals surface area contributed by atoms with Gasteiger partial charge in [-0.25, -0.2) is 92.2 Å². The molecular weight excluding hydrogens is 932 g/mol. The fraction of sp³-hybridized carbons (Fsp3) is 0.0244. The predicted octanol–water partition coefficient (Wildman–Crippen LogP) is 9.00. The molecule has 0 N–H and O–H groups in total. The van der Waals surface area contributed by atoms with Gasteiger partial charge in [-0.15, -0.1) is 21.9 Å². The molecule has 65 heavy (non-hydrogen) atoms. The quantitative estimate of drug-likeness (QED) is 0.0391. The number of halogens is 21. The first-order valence-electron chi connectivity index (χ1n) is 17.3. The summed E-state index contributed by atoms with van der Waals surface area (Å²) in [6.07, 6.45) is -3.75. The first-order valence-corrected chi connectivity index (χ1v) is 17.3. The van der Waals surface area contributed by atoms with Crippen LogP contribution in [0.4, 0.5) is 92.2 Å². The van der Waals surface area contributed by atoms with Gasteiger partial charge >= 0.3 is 0 Å². The molecule has 0 fully saturated rings. The van der Waals surface area contributed by atoms with Gasteiger partial charge in [-0.3, -0.25) is 4.79 Å². The predicted molar refractivity (Wildman–Crippen MR) is 184 cm³/mol. The van der Waals surface area contributed by atoms with Gasteiger partial charge in [-0.2, -0.15) is 4.57 Å². The molecule has 7 aromatic rings. The number of hydrogen-bond donors (Lipinski definition) is 0. The lowest BCUT2D eigenvalue weighted by Gasteiger charge is -2.44. The molecule has 0 amide bonds. The number of aromatic nitrogens is 1. The van der Waals surface area contributed by atoms with Crippen LogP contribution in [0.3, 0.4) is 0 Å². The lowest BCUT2D eigenvalue weighted by molar-refractivity contribution is -0.681. The molecular formula is C41H13BF21NO. The van der Waals surface area contributed by atoms with E-state index >= 15 is 35.1 Å². The Hall–Kier alpha value is -7.01. The Balaban J connectivity index is 0.000000289. The summed E-state index contributed by atoms with van der Waals surface area (Å²) < 4.78 is 309. The minimum absolute atomic E-state index is 0.00582. The van der Waals surface area contributed by atoms with Crippen LogP contribution in [0.1, 0.15) is 10.4 Å². The first kappa shape index (κ1) is 47.5. The minimum atomic E-state index is -7.22. The number of hydrogen-bond acceptors (Lipinski definition) is 1. The largest absolute Gasteiger partial charge is 0.287 e. The average molecular weight is 945 g/mol. The monoisotopic (exact) mass is 945 g/mol. The molecule has 0 spiro atoms. The normalized spacial score (nSPS) is 11.6. The van der Waals surface area contributed by atoms with E-state index in [1.807, 2.05) is 30.3 Å². The maximum atomic E-state index is 15.4. The van der Waals surface area contributed by atoms with Crippen LogP contribution in [0.2, 0.25) is 0 Å². The molecule has 0 unspecified atom stereocenters. The van der Waals surface area contributed by atoms with Gasteiger partial charge in [0.15, 0.2) is 82.2 Å². The molecule has 0 saturated heterocycles. The van der Waals surface area contributed by atoms with E-state index in [1.54, 1.807) is 35.2 Å². The summed E-state index contributed by atoms with van der Waals surface area (Å²) in [7, 11) is 0. The summed E-state index contributed by atoms with van der Waals surface area (Å²) in [6.45, 7) is 0.203. The molecule has 0 atom stereocenters. The Morgan fingerprint density at radius 1 is 0.369 bits per heavy atom. The third-order valence-electron chi connectivity index (χ3n) is 9.96. The molecule has 1 heterocycles. The number of pyridine rings is 1. The Labute approximate surface area is 347 Å². The van der Waals surface area contributed by atoms with Crippen LogP contribution in [-0.2, 0) is 6.54 Å². The van der Waals surface area contributed by atoms with E-state index in [-0.39, 0.29) is 18.1 Å². The Bertz CT molecular complexity index is 2730. The average Bonchev–Trinajstić information content (AvgIpc) is 3.29. The smallest absolute Gasteiger partial charge is 0.227 e. The fourth-order valence-electron chi connectivity index (χ4n) is 7.07. The zero-order chi connectivity index (χ0) is 48.3. The van der Waals surface area contributed by atoms with Gasteiger partial charge < -0.3 is 0 Å². The molecule has 338 valence electrons. The summed E-state index contributed by atoms with van der Waals surface area (Å²) in [5.74, 6) is -71.7. The second kappa shape index (κ2) is 17.5. The van der Waals surface area contributed by atoms with Crippen molar-refractivity contribution in [3.05, 3.63) is 195 Å². The minimum Gasteiger partial charge on any atom is -0.287 e. The lowest BCUT2D eigenvalue weighted by Crippen LogP contribution is -2.81. The number of benzene rings is 6. The second-order valence-corrected chi connectivity index (χ2v) is 13.4. The highest BCUT2D eigenvalue weighted by Gasteiger charge is 2.52. The van der Waals surface area contributed by atoms with Crippen molar-refractivity contribution < 1.29 is 102 Å². The van der Waals surface area contributed by atoms with Gasteiger partial charge in [0.05, 0.1) is 5.39 Å². The summed E-state index contributed by atoms with van der Waals surface area (Å²) in [5, 5.41) is 1.35. The van der Waals surface area contributed by atoms with E-state index in [2.05, 4.69) is 0 Å². The van der Waals surface area contributed by atoms with Crippen LogP contribution in [0.5, 0.6) is 0 Å². The first-order chi connectivity index (χ1) is 30.4. The molecule has 0 aliphatic carbocycles. The highest BCUT2D eigenvalue weighted by molar-refractivity contribution is 7.20. The van der Waals surface area contributed by atoms with Crippen molar-refractivity contribution in [1.82, 2.24) is 0 Å². The van der Waals surface area contributed by atoms with Gasteiger partial charge in [0, 0.05) is 11.6 Å². The van der Waals surface area contributed by atoms with Crippen molar-refractivity contribution in [2.45, 2.75) is 6.54 Å². The van der Waals surface area contributed by atoms with E-state index in [1.165, 1.54) is 6.07 Å². The maximum Gasteiger partial charge on any atom is 0.227 e. The number of fused-ring (bicyclic) bond motifs is 1. The maximum absolute atomic E-state index is 15.4. The fourth-order valence-corrected chi connectivity index (χ4v) is 7.07. The Morgan fingerprint density at radius 2 is 0.677 bits per heavy atom. The van der Waals surface area contributed by atoms with Crippen LogP contribution < -0.4 is 26.4 Å². The van der Waals surface area contributed by atoms with Gasteiger partial charge in [0.1, 0.15) is 58.5 Å². The van der Waals surface area contributed by atoms with Gasteiger partial charge in [-0.05, 0) is 11.5 Å². The van der Waals surface area contributed by atoms with Crippen molar-refractivity contribution in [3.63, 3.8) is 0 Å². The second-order valence-electron chi connectivity index (χ2n) is 13.4. The van der Waals surface area contributed by atoms with Crippen molar-refractivity contribution in [2.75, 3.05) is 0 Å². The molecule has 0 saturated carbocycles. The zero-order valence-electron chi connectivity index (χ0n) is 30.9. The van der Waals surface area contributed by atoms with Crippen molar-refractivity contribution in [1.29, 1.82) is 0 Å². The van der Waals surface area contributed by atoms with E-state index in [0.29, 0.717) is 10.9 Å². The van der Waals surface area contributed by atoms with Crippen molar-refractivity contribution >= 4 is 44.6 Å². The van der Waals surface area contributed by atoms with Crippen molar-refractivity contribution in [2.24, 2.45) is 0 Å². The molecule has 0 aliphatic heterocycles. The van der Waals surface area contributed by atoms with Crippen LogP contribution in [0.15, 0.2) is 67.0 Å². The van der Waals surface area contributed by atoms with Crippen molar-refractivity contribution in [3.8, 4) is 0 Å². The van der Waals surface area contributed by atoms with Crippen LogP contribution >= 0.6 is 0 Å². The lowest BCUT2D eigenvalue weighted by atomic mass is 9.12. The van der Waals surface area contributed by atoms with E-state index in [9.17, 15) is 61.9 Å². The van der Waals surface area contributed by atoms with Crippen LogP contribution in [0.25, 0.3) is 10.8 Å². The molecule has 24 heteroatoms. The molecule has 0 bridgehead atoms. The number of Topliss-reactive ketones (excluding diaryl/α,β-unsaturated/α-hetero) is 1. The van der Waals surface area contributed by atoms with E-state index in [0.717, 1.165) is 5.39 Å². The molecule has 1 aromatic heterocycles. The summed E-state index contributed by atoms with van der Waals surface area (Å²) >= 11 is 0. The molecule has 0 aliphatic rings. The van der Waals surface area contributed by atoms with Crippen LogP contribution in [-0.4, -0.2) is 11.9 Å². The molecule has 7 rings (SSSR count). The standard InChI is InChI=1S/C24BF20.C17H13FNO/c26-5-1(6(27)14(35)21(42)13(5)34)25(2-7(28)15(36)22(43)16(37)8(2)29,3-9(30)17(38)23(44)18(39)10(3)31)4-11(32)19(40)24(45)20(41)12(4)33;18-16-8-4-7-13-9-10-19(11-15(13)16)12-17(20)14-5-2-1-3-6-14/h;1-11H,12H2/q-1;+1. The summed E-state index contributed by atoms with van der Waals surface area (Å²) in [4.78, 5) is 12.1. The third-order valence-corrected chi connectivity index (χ3v) is 9.96. The Kier molecular flexibility index (Phi) is 12.8. The van der Waals surface area contributed by atoms with Gasteiger partial charge in [0.2, 0.25) is 12.3 Å².